The van der Waals surface area contributed by atoms with Gasteiger partial charge in [-0.25, -0.2) is 15.0 Å². The van der Waals surface area contributed by atoms with Gasteiger partial charge in [-0.05, 0) is 56.4 Å². The highest BCUT2D eigenvalue weighted by molar-refractivity contribution is 5.99. The summed E-state index contributed by atoms with van der Waals surface area (Å²) in [5, 5.41) is 2.18. The molecule has 1 aromatic carbocycles. The van der Waals surface area contributed by atoms with Crippen molar-refractivity contribution < 1.29 is 0 Å². The first-order valence-electron chi connectivity index (χ1n) is 14.1. The van der Waals surface area contributed by atoms with Gasteiger partial charge in [-0.1, -0.05) is 24.8 Å². The maximum Gasteiger partial charge on any atom is 0.139 e. The molecule has 2 aliphatic heterocycles. The van der Waals surface area contributed by atoms with Crippen molar-refractivity contribution in [3.8, 4) is 11.1 Å². The van der Waals surface area contributed by atoms with Crippen LogP contribution >= 0.6 is 0 Å². The van der Waals surface area contributed by atoms with Crippen molar-refractivity contribution in [1.29, 1.82) is 0 Å². The minimum Gasteiger partial charge on any atom is -0.369 e. The lowest BCUT2D eigenvalue weighted by Crippen LogP contribution is -2.44. The fourth-order valence-electron chi connectivity index (χ4n) is 5.63. The van der Waals surface area contributed by atoms with E-state index in [9.17, 15) is 0 Å². The van der Waals surface area contributed by atoms with E-state index in [4.69, 9.17) is 9.97 Å². The SMILES string of the molecule is C=C(/C=C\C(=C/C)c1cnc2[nH]cc(-c3ccc4ncnc(N5CCN(C)CC5)c4c3)c2c1)N1CCN(C)CC1. The smallest absolute Gasteiger partial charge is 0.139 e. The number of hydrogen-bond acceptors (Lipinski definition) is 7. The molecule has 0 aliphatic carbocycles. The van der Waals surface area contributed by atoms with Gasteiger partial charge in [0.1, 0.15) is 17.8 Å². The van der Waals surface area contributed by atoms with Gasteiger partial charge in [0.2, 0.25) is 0 Å². The first-order chi connectivity index (χ1) is 19.5. The van der Waals surface area contributed by atoms with E-state index >= 15 is 0 Å². The zero-order valence-electron chi connectivity index (χ0n) is 23.8. The van der Waals surface area contributed by atoms with Crippen LogP contribution in [0.4, 0.5) is 5.82 Å². The summed E-state index contributed by atoms with van der Waals surface area (Å²) in [5.74, 6) is 1.01. The highest BCUT2D eigenvalue weighted by Crippen LogP contribution is 2.34. The summed E-state index contributed by atoms with van der Waals surface area (Å²) < 4.78 is 0. The number of piperazine rings is 2. The van der Waals surface area contributed by atoms with Crippen LogP contribution in [-0.4, -0.2) is 101 Å². The molecule has 6 rings (SSSR count). The molecule has 0 bridgehead atoms. The maximum absolute atomic E-state index is 4.78. The summed E-state index contributed by atoms with van der Waals surface area (Å²) in [4.78, 5) is 26.9. The Kier molecular flexibility index (Phi) is 7.36. The molecule has 0 radical (unpaired) electrons. The quantitative estimate of drug-likeness (QED) is 0.361. The first-order valence-corrected chi connectivity index (χ1v) is 14.1. The lowest BCUT2D eigenvalue weighted by atomic mass is 10.0. The molecule has 2 fully saturated rings. The topological polar surface area (TPSA) is 67.4 Å². The maximum atomic E-state index is 4.78. The Morgan fingerprint density at radius 2 is 1.62 bits per heavy atom. The molecular weight excluding hydrogens is 496 g/mol. The minimum atomic E-state index is 0.878. The molecule has 0 spiro atoms. The van der Waals surface area contributed by atoms with Gasteiger partial charge in [0.25, 0.3) is 0 Å². The molecule has 5 heterocycles. The van der Waals surface area contributed by atoms with Crippen LogP contribution in [0.25, 0.3) is 38.6 Å². The van der Waals surface area contributed by atoms with Gasteiger partial charge in [0.15, 0.2) is 0 Å². The summed E-state index contributed by atoms with van der Waals surface area (Å²) in [6.45, 7) is 14.6. The van der Waals surface area contributed by atoms with E-state index in [1.54, 1.807) is 6.33 Å². The Labute approximate surface area is 236 Å². The molecule has 40 heavy (non-hydrogen) atoms. The van der Waals surface area contributed by atoms with Crippen LogP contribution in [0.1, 0.15) is 12.5 Å². The van der Waals surface area contributed by atoms with Crippen LogP contribution in [0, 0.1) is 0 Å². The number of rotatable bonds is 6. The highest BCUT2D eigenvalue weighted by Gasteiger charge is 2.19. The third-order valence-corrected chi connectivity index (χ3v) is 8.27. The largest absolute Gasteiger partial charge is 0.369 e. The predicted octanol–water partition coefficient (Wildman–Crippen LogP) is 4.65. The summed E-state index contributed by atoms with van der Waals surface area (Å²) in [6.07, 6.45) is 12.1. The number of anilines is 1. The molecule has 3 aromatic heterocycles. The van der Waals surface area contributed by atoms with Gasteiger partial charge in [0.05, 0.1) is 5.52 Å². The number of likely N-dealkylation sites (N-methyl/N-ethyl adjacent to an activating group) is 2. The molecule has 8 nitrogen and oxygen atoms in total. The van der Waals surface area contributed by atoms with Crippen LogP contribution < -0.4 is 4.90 Å². The lowest BCUT2D eigenvalue weighted by molar-refractivity contribution is 0.190. The molecule has 0 atom stereocenters. The third-order valence-electron chi connectivity index (χ3n) is 8.27. The molecule has 0 saturated carbocycles. The Hall–Kier alpha value is -4.01. The summed E-state index contributed by atoms with van der Waals surface area (Å²) in [7, 11) is 4.34. The normalized spacial score (nSPS) is 17.9. The van der Waals surface area contributed by atoms with E-state index < -0.39 is 0 Å². The zero-order chi connectivity index (χ0) is 27.6. The number of H-pyrrole nitrogens is 1. The average molecular weight is 535 g/mol. The number of nitrogens with zero attached hydrogens (tertiary/aromatic N) is 7. The van der Waals surface area contributed by atoms with Gasteiger partial charge >= 0.3 is 0 Å². The van der Waals surface area contributed by atoms with Gasteiger partial charge in [0, 0.05) is 92.3 Å². The standard InChI is InChI=1S/C32H38N8/c1-5-24(7-6-23(2)39-14-10-37(3)11-15-39)26-19-27-29(21-34-31(27)33-20-26)25-8-9-30-28(18-25)32(36-22-35-30)40-16-12-38(4)13-17-40/h5-9,18-22H,2,10-17H2,1,3-4H3,(H,33,34)/b7-6-,24-5+. The molecule has 4 aromatic rings. The molecular formula is C32H38N8. The second-order valence-electron chi connectivity index (χ2n) is 10.9. The third kappa shape index (κ3) is 5.24. The minimum absolute atomic E-state index is 0.878. The summed E-state index contributed by atoms with van der Waals surface area (Å²) in [6, 6.07) is 8.72. The van der Waals surface area contributed by atoms with E-state index in [0.717, 1.165) is 108 Å². The fraction of sp³-hybridized carbons (Fsp3) is 0.344. The van der Waals surface area contributed by atoms with Crippen molar-refractivity contribution in [3.05, 3.63) is 79.1 Å². The second-order valence-corrected chi connectivity index (χ2v) is 10.9. The number of nitrogens with one attached hydrogen (secondary N) is 1. The highest BCUT2D eigenvalue weighted by atomic mass is 15.3. The van der Waals surface area contributed by atoms with E-state index in [1.165, 1.54) is 0 Å². The number of aromatic amines is 1. The Bertz CT molecular complexity index is 1580. The average Bonchev–Trinajstić information content (AvgIpc) is 3.41. The van der Waals surface area contributed by atoms with Crippen LogP contribution in [-0.2, 0) is 0 Å². The number of aromatic nitrogens is 4. The zero-order valence-corrected chi connectivity index (χ0v) is 23.8. The fourth-order valence-corrected chi connectivity index (χ4v) is 5.63. The predicted molar refractivity (Wildman–Crippen MR) is 165 cm³/mol. The van der Waals surface area contributed by atoms with Gasteiger partial charge < -0.3 is 24.6 Å². The van der Waals surface area contributed by atoms with Gasteiger partial charge in [-0.3, -0.25) is 0 Å². The summed E-state index contributed by atoms with van der Waals surface area (Å²) in [5.41, 5.74) is 7.36. The Morgan fingerprint density at radius 1 is 0.875 bits per heavy atom. The van der Waals surface area contributed by atoms with E-state index in [0.29, 0.717) is 0 Å². The van der Waals surface area contributed by atoms with Crippen molar-refractivity contribution in [1.82, 2.24) is 34.6 Å². The van der Waals surface area contributed by atoms with Crippen molar-refractivity contribution in [2.45, 2.75) is 6.92 Å². The monoisotopic (exact) mass is 534 g/mol. The van der Waals surface area contributed by atoms with Crippen LogP contribution in [0.3, 0.4) is 0 Å². The number of hydrogen-bond donors (Lipinski definition) is 1. The van der Waals surface area contributed by atoms with Crippen LogP contribution in [0.2, 0.25) is 0 Å². The molecule has 1 N–H and O–H groups in total. The number of fused-ring (bicyclic) bond motifs is 2. The number of pyridine rings is 1. The van der Waals surface area contributed by atoms with Gasteiger partial charge in [-0.2, -0.15) is 0 Å². The number of allylic oxidation sites excluding steroid dienone is 4. The van der Waals surface area contributed by atoms with Crippen LogP contribution in [0.5, 0.6) is 0 Å². The van der Waals surface area contributed by atoms with Crippen molar-refractivity contribution in [2.24, 2.45) is 0 Å². The molecule has 2 aliphatic rings. The molecule has 0 amide bonds. The second kappa shape index (κ2) is 11.2. The lowest BCUT2D eigenvalue weighted by Gasteiger charge is -2.34. The van der Waals surface area contributed by atoms with Crippen molar-refractivity contribution >= 4 is 33.3 Å². The Balaban J connectivity index is 1.30. The molecule has 206 valence electrons. The van der Waals surface area contributed by atoms with Crippen molar-refractivity contribution in [2.75, 3.05) is 71.4 Å². The van der Waals surface area contributed by atoms with E-state index in [-0.39, 0.29) is 0 Å². The number of benzene rings is 1. The Morgan fingerprint density at radius 3 is 2.38 bits per heavy atom. The van der Waals surface area contributed by atoms with Crippen molar-refractivity contribution in [3.63, 3.8) is 0 Å². The molecule has 0 unspecified atom stereocenters. The van der Waals surface area contributed by atoms with Crippen LogP contribution in [0.15, 0.2) is 73.5 Å². The summed E-state index contributed by atoms with van der Waals surface area (Å²) >= 11 is 0. The molecule has 8 heteroatoms. The molecule has 2 saturated heterocycles. The first kappa shape index (κ1) is 26.2. The van der Waals surface area contributed by atoms with Gasteiger partial charge in [-0.15, -0.1) is 0 Å². The van der Waals surface area contributed by atoms with E-state index in [2.05, 4.69) is 106 Å². The van der Waals surface area contributed by atoms with E-state index in [1.807, 2.05) is 6.20 Å².